The third-order valence-corrected chi connectivity index (χ3v) is 4.89. The molecule has 0 atom stereocenters. The van der Waals surface area contributed by atoms with Gasteiger partial charge in [0.05, 0.1) is 23.8 Å². The maximum absolute atomic E-state index is 5.87. The number of nitrogens with zero attached hydrogens (tertiary/aromatic N) is 2. The van der Waals surface area contributed by atoms with Gasteiger partial charge in [-0.1, -0.05) is 36.4 Å². The first-order valence-electron chi connectivity index (χ1n) is 10.3. The highest BCUT2D eigenvalue weighted by atomic mass is 16.5. The van der Waals surface area contributed by atoms with Gasteiger partial charge in [0.15, 0.2) is 0 Å². The fourth-order valence-electron chi connectivity index (χ4n) is 3.28. The molecule has 0 saturated carbocycles. The minimum atomic E-state index is 0.776. The van der Waals surface area contributed by atoms with Crippen molar-refractivity contribution in [1.29, 1.82) is 0 Å². The first-order valence-corrected chi connectivity index (χ1v) is 10.3. The van der Waals surface area contributed by atoms with Crippen LogP contribution >= 0.6 is 0 Å². The fourth-order valence-corrected chi connectivity index (χ4v) is 3.28. The summed E-state index contributed by atoms with van der Waals surface area (Å²) >= 11 is 0. The second-order valence-electron chi connectivity index (χ2n) is 7.17. The minimum absolute atomic E-state index is 0.776. The van der Waals surface area contributed by atoms with Crippen LogP contribution in [0.3, 0.4) is 0 Å². The zero-order valence-corrected chi connectivity index (χ0v) is 17.3. The van der Waals surface area contributed by atoms with Crippen LogP contribution in [-0.4, -0.2) is 9.97 Å². The Morgan fingerprint density at radius 2 is 0.781 bits per heavy atom. The molecule has 0 spiro atoms. The summed E-state index contributed by atoms with van der Waals surface area (Å²) in [6.07, 6.45) is 3.53. The monoisotopic (exact) mass is 416 g/mol. The molecule has 0 aliphatic rings. The molecule has 0 bridgehead atoms. The lowest BCUT2D eigenvalue weighted by Crippen LogP contribution is -1.91. The molecule has 4 nitrogen and oxygen atoms in total. The van der Waals surface area contributed by atoms with Crippen molar-refractivity contribution in [3.63, 3.8) is 0 Å². The van der Waals surface area contributed by atoms with E-state index in [0.29, 0.717) is 0 Å². The Balaban J connectivity index is 1.32. The Morgan fingerprint density at radius 3 is 1.19 bits per heavy atom. The van der Waals surface area contributed by atoms with Crippen molar-refractivity contribution in [2.75, 3.05) is 0 Å². The number of benzene rings is 4. The van der Waals surface area contributed by atoms with E-state index in [0.717, 1.165) is 45.5 Å². The molecule has 154 valence electrons. The molecule has 0 unspecified atom stereocenters. The van der Waals surface area contributed by atoms with Crippen LogP contribution in [-0.2, 0) is 0 Å². The van der Waals surface area contributed by atoms with Crippen molar-refractivity contribution >= 4 is 0 Å². The highest BCUT2D eigenvalue weighted by Gasteiger charge is 2.06. The van der Waals surface area contributed by atoms with E-state index < -0.39 is 0 Å². The molecule has 0 aliphatic carbocycles. The molecule has 0 aliphatic heterocycles. The summed E-state index contributed by atoms with van der Waals surface area (Å²) in [6.45, 7) is 0. The minimum Gasteiger partial charge on any atom is -0.457 e. The van der Waals surface area contributed by atoms with Gasteiger partial charge < -0.3 is 9.47 Å². The normalized spacial score (nSPS) is 10.5. The highest BCUT2D eigenvalue weighted by Crippen LogP contribution is 2.28. The van der Waals surface area contributed by atoms with E-state index in [-0.39, 0.29) is 0 Å². The summed E-state index contributed by atoms with van der Waals surface area (Å²) < 4.78 is 11.7. The number of hydrogen-bond acceptors (Lipinski definition) is 4. The molecule has 4 aromatic carbocycles. The Bertz CT molecular complexity index is 1190. The SMILES string of the molecule is c1ccc(Oc2ccc(-c3cncc(-c4ccc(Oc5ccccc5)cc4)n3)cc2)cc1. The zero-order valence-electron chi connectivity index (χ0n) is 17.3. The van der Waals surface area contributed by atoms with E-state index in [1.807, 2.05) is 109 Å². The summed E-state index contributed by atoms with van der Waals surface area (Å²) in [7, 11) is 0. The van der Waals surface area contributed by atoms with Crippen molar-refractivity contribution in [2.45, 2.75) is 0 Å². The second kappa shape index (κ2) is 9.14. The molecule has 0 radical (unpaired) electrons. The third kappa shape index (κ3) is 4.65. The lowest BCUT2D eigenvalue weighted by molar-refractivity contribution is 0.482. The molecule has 0 N–H and O–H groups in total. The van der Waals surface area contributed by atoms with Gasteiger partial charge in [-0.2, -0.15) is 0 Å². The van der Waals surface area contributed by atoms with Gasteiger partial charge in [-0.25, -0.2) is 4.98 Å². The van der Waals surface area contributed by atoms with Gasteiger partial charge in [0.25, 0.3) is 0 Å². The van der Waals surface area contributed by atoms with Crippen LogP contribution in [0.1, 0.15) is 0 Å². The van der Waals surface area contributed by atoms with E-state index in [4.69, 9.17) is 14.5 Å². The molecule has 5 rings (SSSR count). The lowest BCUT2D eigenvalue weighted by atomic mass is 10.1. The molecular weight excluding hydrogens is 396 g/mol. The molecule has 0 fully saturated rings. The summed E-state index contributed by atoms with van der Waals surface area (Å²) in [5, 5.41) is 0. The topological polar surface area (TPSA) is 44.2 Å². The zero-order chi connectivity index (χ0) is 21.6. The maximum Gasteiger partial charge on any atom is 0.127 e. The average Bonchev–Trinajstić information content (AvgIpc) is 2.86. The number of para-hydroxylation sites is 2. The second-order valence-corrected chi connectivity index (χ2v) is 7.17. The number of ether oxygens (including phenoxy) is 2. The van der Waals surface area contributed by atoms with Crippen LogP contribution in [0.25, 0.3) is 22.5 Å². The van der Waals surface area contributed by atoms with Crippen LogP contribution in [0.4, 0.5) is 0 Å². The van der Waals surface area contributed by atoms with Gasteiger partial charge in [-0.15, -0.1) is 0 Å². The molecule has 1 aromatic heterocycles. The van der Waals surface area contributed by atoms with Gasteiger partial charge in [0, 0.05) is 11.1 Å². The van der Waals surface area contributed by atoms with E-state index in [9.17, 15) is 0 Å². The van der Waals surface area contributed by atoms with Crippen LogP contribution < -0.4 is 9.47 Å². The lowest BCUT2D eigenvalue weighted by Gasteiger charge is -2.08. The van der Waals surface area contributed by atoms with E-state index in [1.54, 1.807) is 12.4 Å². The van der Waals surface area contributed by atoms with Gasteiger partial charge in [0.2, 0.25) is 0 Å². The van der Waals surface area contributed by atoms with Gasteiger partial charge in [-0.05, 0) is 72.8 Å². The third-order valence-electron chi connectivity index (χ3n) is 4.89. The molecule has 4 heteroatoms. The Hall–Kier alpha value is -4.44. The number of aromatic nitrogens is 2. The molecule has 0 saturated heterocycles. The molecular formula is C28H20N2O2. The largest absolute Gasteiger partial charge is 0.457 e. The van der Waals surface area contributed by atoms with Crippen molar-refractivity contribution in [1.82, 2.24) is 9.97 Å². The van der Waals surface area contributed by atoms with Crippen molar-refractivity contribution in [2.24, 2.45) is 0 Å². The molecule has 1 heterocycles. The van der Waals surface area contributed by atoms with Crippen molar-refractivity contribution in [3.8, 4) is 45.5 Å². The quantitative estimate of drug-likeness (QED) is 0.289. The van der Waals surface area contributed by atoms with Crippen LogP contribution in [0.2, 0.25) is 0 Å². The Kier molecular flexibility index (Phi) is 5.58. The van der Waals surface area contributed by atoms with Crippen LogP contribution in [0.5, 0.6) is 23.0 Å². The summed E-state index contributed by atoms with van der Waals surface area (Å²) in [6, 6.07) is 35.1. The Labute approximate surface area is 186 Å². The van der Waals surface area contributed by atoms with Crippen molar-refractivity contribution < 1.29 is 9.47 Å². The fraction of sp³-hybridized carbons (Fsp3) is 0. The highest BCUT2D eigenvalue weighted by molar-refractivity contribution is 5.65. The summed E-state index contributed by atoms with van der Waals surface area (Å²) in [4.78, 5) is 9.19. The first-order chi connectivity index (χ1) is 15.8. The van der Waals surface area contributed by atoms with Crippen LogP contribution in [0.15, 0.2) is 122 Å². The van der Waals surface area contributed by atoms with E-state index >= 15 is 0 Å². The number of rotatable bonds is 6. The van der Waals surface area contributed by atoms with Crippen LogP contribution in [0, 0.1) is 0 Å². The maximum atomic E-state index is 5.87. The molecule has 0 amide bonds. The standard InChI is InChI=1S/C28H20N2O2/c1-3-7-23(8-4-1)31-25-15-11-21(12-16-25)27-19-29-20-28(30-27)22-13-17-26(18-14-22)32-24-9-5-2-6-10-24/h1-20H. The first kappa shape index (κ1) is 19.5. The van der Waals surface area contributed by atoms with Gasteiger partial charge in [0.1, 0.15) is 23.0 Å². The average molecular weight is 416 g/mol. The summed E-state index contributed by atoms with van der Waals surface area (Å²) in [5.41, 5.74) is 3.56. The number of hydrogen-bond donors (Lipinski definition) is 0. The molecule has 5 aromatic rings. The van der Waals surface area contributed by atoms with Gasteiger partial charge >= 0.3 is 0 Å². The van der Waals surface area contributed by atoms with Gasteiger partial charge in [-0.3, -0.25) is 4.98 Å². The molecule has 32 heavy (non-hydrogen) atoms. The smallest absolute Gasteiger partial charge is 0.127 e. The predicted molar refractivity (Wildman–Crippen MR) is 126 cm³/mol. The predicted octanol–water partition coefficient (Wildman–Crippen LogP) is 7.40. The Morgan fingerprint density at radius 1 is 0.406 bits per heavy atom. The summed E-state index contributed by atoms with van der Waals surface area (Å²) in [5.74, 6) is 3.17. The van der Waals surface area contributed by atoms with Crippen molar-refractivity contribution in [3.05, 3.63) is 122 Å². The van der Waals surface area contributed by atoms with E-state index in [1.165, 1.54) is 0 Å². The van der Waals surface area contributed by atoms with E-state index in [2.05, 4.69) is 4.98 Å².